The summed E-state index contributed by atoms with van der Waals surface area (Å²) in [5.74, 6) is 1.68. The number of H-pyrrole nitrogens is 1. The minimum atomic E-state index is 0.616. The highest BCUT2D eigenvalue weighted by molar-refractivity contribution is 5.66. The molecule has 0 radical (unpaired) electrons. The Hall–Kier alpha value is -2.37. The van der Waals surface area contributed by atoms with Crippen LogP contribution >= 0.6 is 0 Å². The quantitative estimate of drug-likeness (QED) is 0.684. The molecule has 3 aromatic rings. The Morgan fingerprint density at radius 2 is 2.25 bits per heavy atom. The van der Waals surface area contributed by atoms with E-state index in [-0.39, 0.29) is 0 Å². The first-order valence-electron chi connectivity index (χ1n) is 4.94. The maximum Gasteiger partial charge on any atom is 0.152 e. The van der Waals surface area contributed by atoms with Crippen molar-refractivity contribution in [2.24, 2.45) is 0 Å². The van der Waals surface area contributed by atoms with Crippen molar-refractivity contribution in [2.45, 2.75) is 6.54 Å². The second-order valence-corrected chi connectivity index (χ2v) is 3.33. The molecule has 16 heavy (non-hydrogen) atoms. The van der Waals surface area contributed by atoms with Crippen LogP contribution in [0.3, 0.4) is 0 Å². The van der Waals surface area contributed by atoms with E-state index in [9.17, 15) is 0 Å². The molecule has 0 amide bonds. The number of nitrogens with one attached hydrogen (secondary N) is 2. The number of fused-ring (bicyclic) bond motifs is 1. The van der Waals surface area contributed by atoms with Gasteiger partial charge in [-0.25, -0.2) is 14.5 Å². The number of imidazole rings is 1. The van der Waals surface area contributed by atoms with Gasteiger partial charge in [0.15, 0.2) is 5.82 Å². The predicted molar refractivity (Wildman–Crippen MR) is 58.9 cm³/mol. The Bertz CT molecular complexity index is 582. The number of hydrogen-bond donors (Lipinski definition) is 2. The van der Waals surface area contributed by atoms with Gasteiger partial charge in [-0.05, 0) is 6.07 Å². The molecule has 0 saturated heterocycles. The lowest BCUT2D eigenvalue weighted by Gasteiger charge is -2.04. The van der Waals surface area contributed by atoms with E-state index in [1.54, 1.807) is 29.3 Å². The third-order valence-corrected chi connectivity index (χ3v) is 2.30. The van der Waals surface area contributed by atoms with Gasteiger partial charge >= 0.3 is 0 Å². The fourth-order valence-electron chi connectivity index (χ4n) is 1.56. The molecule has 6 heteroatoms. The van der Waals surface area contributed by atoms with Gasteiger partial charge < -0.3 is 10.3 Å². The molecule has 0 aromatic carbocycles. The highest BCUT2D eigenvalue weighted by atomic mass is 15.2. The van der Waals surface area contributed by atoms with Gasteiger partial charge in [0, 0.05) is 24.8 Å². The zero-order chi connectivity index (χ0) is 10.8. The van der Waals surface area contributed by atoms with E-state index in [0.717, 1.165) is 17.2 Å². The summed E-state index contributed by atoms with van der Waals surface area (Å²) in [5.41, 5.74) is 0.953. The van der Waals surface area contributed by atoms with Gasteiger partial charge in [0.2, 0.25) is 0 Å². The number of anilines is 1. The van der Waals surface area contributed by atoms with Crippen LogP contribution in [0.4, 0.5) is 5.82 Å². The zero-order valence-electron chi connectivity index (χ0n) is 8.46. The van der Waals surface area contributed by atoms with Crippen LogP contribution in [0.15, 0.2) is 37.1 Å². The molecular formula is C10H10N6. The Morgan fingerprint density at radius 3 is 3.12 bits per heavy atom. The van der Waals surface area contributed by atoms with E-state index in [1.165, 1.54) is 0 Å². The van der Waals surface area contributed by atoms with Crippen LogP contribution in [-0.4, -0.2) is 24.6 Å². The number of rotatable bonds is 3. The van der Waals surface area contributed by atoms with Crippen LogP contribution in [0.1, 0.15) is 5.82 Å². The van der Waals surface area contributed by atoms with E-state index in [1.807, 2.05) is 12.3 Å². The molecule has 2 N–H and O–H groups in total. The SMILES string of the molecule is c1c[nH]c(CNc2nccn3nccc23)n1. The fourth-order valence-corrected chi connectivity index (χ4v) is 1.56. The molecule has 0 unspecified atom stereocenters. The first-order valence-corrected chi connectivity index (χ1v) is 4.94. The van der Waals surface area contributed by atoms with Crippen molar-refractivity contribution in [1.82, 2.24) is 24.6 Å². The molecule has 80 valence electrons. The van der Waals surface area contributed by atoms with Crippen LogP contribution in [-0.2, 0) is 6.54 Å². The minimum Gasteiger partial charge on any atom is -0.361 e. The van der Waals surface area contributed by atoms with Crippen molar-refractivity contribution in [1.29, 1.82) is 0 Å². The van der Waals surface area contributed by atoms with Crippen molar-refractivity contribution < 1.29 is 0 Å². The molecule has 3 heterocycles. The standard InChI is InChI=1S/C10H10N6/c1-2-15-16-6-5-13-10(8(1)16)14-7-9-11-3-4-12-9/h1-6H,7H2,(H,11,12)(H,13,14). The molecular weight excluding hydrogens is 204 g/mol. The van der Waals surface area contributed by atoms with E-state index >= 15 is 0 Å². The van der Waals surface area contributed by atoms with E-state index in [0.29, 0.717) is 6.54 Å². The molecule has 0 saturated carbocycles. The summed E-state index contributed by atoms with van der Waals surface area (Å²) in [5, 5.41) is 7.35. The highest BCUT2D eigenvalue weighted by Gasteiger charge is 2.02. The first kappa shape index (κ1) is 8.90. The van der Waals surface area contributed by atoms with Crippen molar-refractivity contribution in [3.63, 3.8) is 0 Å². The molecule has 0 fully saturated rings. The Kier molecular flexibility index (Phi) is 2.03. The van der Waals surface area contributed by atoms with Gasteiger partial charge in [-0.15, -0.1) is 0 Å². The average molecular weight is 214 g/mol. The monoisotopic (exact) mass is 214 g/mol. The molecule has 0 aliphatic rings. The molecule has 0 atom stereocenters. The molecule has 0 aliphatic heterocycles. The molecule has 0 aliphatic carbocycles. The number of aromatic amines is 1. The van der Waals surface area contributed by atoms with Crippen LogP contribution < -0.4 is 5.32 Å². The molecule has 0 bridgehead atoms. The van der Waals surface area contributed by atoms with Crippen molar-refractivity contribution in [2.75, 3.05) is 5.32 Å². The topological polar surface area (TPSA) is 70.9 Å². The Labute approximate surface area is 91.4 Å². The molecule has 3 rings (SSSR count). The van der Waals surface area contributed by atoms with Crippen LogP contribution in [0.2, 0.25) is 0 Å². The number of aromatic nitrogens is 5. The third kappa shape index (κ3) is 1.50. The predicted octanol–water partition coefficient (Wildman–Crippen LogP) is 1.06. The van der Waals surface area contributed by atoms with Crippen LogP contribution in [0, 0.1) is 0 Å². The zero-order valence-corrected chi connectivity index (χ0v) is 8.46. The summed E-state index contributed by atoms with van der Waals surface area (Å²) in [6.45, 7) is 0.616. The molecule has 0 spiro atoms. The van der Waals surface area contributed by atoms with Gasteiger partial charge in [0.05, 0.1) is 12.7 Å². The van der Waals surface area contributed by atoms with E-state index in [4.69, 9.17) is 0 Å². The summed E-state index contributed by atoms with van der Waals surface area (Å²) in [4.78, 5) is 11.4. The second kappa shape index (κ2) is 3.65. The van der Waals surface area contributed by atoms with Gasteiger partial charge in [-0.2, -0.15) is 5.10 Å². The van der Waals surface area contributed by atoms with Crippen molar-refractivity contribution in [3.05, 3.63) is 42.9 Å². The molecule has 3 aromatic heterocycles. The normalized spacial score (nSPS) is 10.8. The average Bonchev–Trinajstić information content (AvgIpc) is 2.97. The first-order chi connectivity index (χ1) is 7.93. The second-order valence-electron chi connectivity index (χ2n) is 3.33. The lowest BCUT2D eigenvalue weighted by molar-refractivity contribution is 0.934. The summed E-state index contributed by atoms with van der Waals surface area (Å²) >= 11 is 0. The summed E-state index contributed by atoms with van der Waals surface area (Å²) in [7, 11) is 0. The van der Waals surface area contributed by atoms with Crippen molar-refractivity contribution in [3.8, 4) is 0 Å². The van der Waals surface area contributed by atoms with E-state index < -0.39 is 0 Å². The van der Waals surface area contributed by atoms with Gasteiger partial charge in [-0.1, -0.05) is 0 Å². The lowest BCUT2D eigenvalue weighted by Crippen LogP contribution is -2.04. The maximum absolute atomic E-state index is 4.26. The summed E-state index contributed by atoms with van der Waals surface area (Å²) in [6, 6.07) is 1.91. The summed E-state index contributed by atoms with van der Waals surface area (Å²) < 4.78 is 1.78. The smallest absolute Gasteiger partial charge is 0.152 e. The van der Waals surface area contributed by atoms with Crippen LogP contribution in [0.25, 0.3) is 5.52 Å². The Balaban J connectivity index is 1.86. The fraction of sp³-hybridized carbons (Fsp3) is 0.100. The largest absolute Gasteiger partial charge is 0.361 e. The minimum absolute atomic E-state index is 0.616. The molecule has 6 nitrogen and oxygen atoms in total. The van der Waals surface area contributed by atoms with Gasteiger partial charge in [0.25, 0.3) is 0 Å². The number of hydrogen-bond acceptors (Lipinski definition) is 4. The number of nitrogens with zero attached hydrogens (tertiary/aromatic N) is 4. The van der Waals surface area contributed by atoms with Gasteiger partial charge in [0.1, 0.15) is 11.3 Å². The van der Waals surface area contributed by atoms with E-state index in [2.05, 4.69) is 25.4 Å². The lowest BCUT2D eigenvalue weighted by atomic mass is 10.4. The Morgan fingerprint density at radius 1 is 1.25 bits per heavy atom. The van der Waals surface area contributed by atoms with Crippen LogP contribution in [0.5, 0.6) is 0 Å². The highest BCUT2D eigenvalue weighted by Crippen LogP contribution is 2.12. The maximum atomic E-state index is 4.26. The van der Waals surface area contributed by atoms with Crippen molar-refractivity contribution >= 4 is 11.3 Å². The summed E-state index contributed by atoms with van der Waals surface area (Å²) in [6.07, 6.45) is 8.79. The van der Waals surface area contributed by atoms with Gasteiger partial charge in [-0.3, -0.25) is 0 Å². The third-order valence-electron chi connectivity index (χ3n) is 2.30.